The number of likely N-dealkylation sites (tertiary alicyclic amines) is 1. The molecule has 1 unspecified atom stereocenters. The maximum Gasteiger partial charge on any atom is 0.242 e. The fraction of sp³-hybridized carbons (Fsp3) is 0.706. The van der Waals surface area contributed by atoms with E-state index in [0.29, 0.717) is 37.9 Å². The van der Waals surface area contributed by atoms with E-state index in [0.717, 1.165) is 25.9 Å². The van der Waals surface area contributed by atoms with Crippen LogP contribution in [0.15, 0.2) is 10.6 Å². The van der Waals surface area contributed by atoms with E-state index in [1.165, 1.54) is 0 Å². The van der Waals surface area contributed by atoms with Gasteiger partial charge in [0.25, 0.3) is 0 Å². The zero-order chi connectivity index (χ0) is 17.8. The first-order valence-corrected chi connectivity index (χ1v) is 8.89. The largest absolute Gasteiger partial charge is 0.378 e. The molecule has 3 heterocycles. The predicted molar refractivity (Wildman–Crippen MR) is 91.0 cm³/mol. The summed E-state index contributed by atoms with van der Waals surface area (Å²) in [5.74, 6) is 1.28. The summed E-state index contributed by atoms with van der Waals surface area (Å²) in [5.41, 5.74) is 0. The normalized spacial score (nSPS) is 21.1. The van der Waals surface area contributed by atoms with Gasteiger partial charge >= 0.3 is 0 Å². The molecule has 0 spiro atoms. The summed E-state index contributed by atoms with van der Waals surface area (Å²) in [5, 5.41) is 6.56. The number of aryl methyl sites for hydroxylation is 1. The maximum absolute atomic E-state index is 12.6. The number of nitrogens with one attached hydrogen (secondary N) is 1. The van der Waals surface area contributed by atoms with Crippen molar-refractivity contribution in [1.29, 1.82) is 0 Å². The summed E-state index contributed by atoms with van der Waals surface area (Å²) in [6.07, 6.45) is 1.58. The molecule has 2 aliphatic heterocycles. The lowest BCUT2D eigenvalue weighted by Gasteiger charge is -2.37. The van der Waals surface area contributed by atoms with E-state index < -0.39 is 0 Å². The molecule has 0 radical (unpaired) electrons. The zero-order valence-corrected chi connectivity index (χ0v) is 14.9. The Balaban J connectivity index is 1.47. The minimum absolute atomic E-state index is 0.0581. The highest BCUT2D eigenvalue weighted by Gasteiger charge is 2.32. The summed E-state index contributed by atoms with van der Waals surface area (Å²) in [6.45, 7) is 7.78. The topological polar surface area (TPSA) is 87.9 Å². The van der Waals surface area contributed by atoms with Crippen molar-refractivity contribution < 1.29 is 18.8 Å². The molecule has 2 aliphatic rings. The number of nitrogens with zero attached hydrogens (tertiary/aromatic N) is 3. The van der Waals surface area contributed by atoms with Crippen molar-refractivity contribution in [3.05, 3.63) is 11.8 Å². The van der Waals surface area contributed by atoms with Gasteiger partial charge in [0.15, 0.2) is 5.82 Å². The van der Waals surface area contributed by atoms with Crippen molar-refractivity contribution in [3.8, 4) is 0 Å². The summed E-state index contributed by atoms with van der Waals surface area (Å²) in [6, 6.07) is 1.43. The summed E-state index contributed by atoms with van der Waals surface area (Å²) in [4.78, 5) is 28.9. The van der Waals surface area contributed by atoms with Crippen LogP contribution in [0.2, 0.25) is 0 Å². The van der Waals surface area contributed by atoms with Crippen LogP contribution in [0.4, 0.5) is 5.82 Å². The summed E-state index contributed by atoms with van der Waals surface area (Å²) < 4.78 is 10.3. The van der Waals surface area contributed by atoms with Gasteiger partial charge in [-0.05, 0) is 39.8 Å². The highest BCUT2D eigenvalue weighted by atomic mass is 16.5. The fourth-order valence-corrected chi connectivity index (χ4v) is 3.40. The Morgan fingerprint density at radius 1 is 1.24 bits per heavy atom. The van der Waals surface area contributed by atoms with Crippen molar-refractivity contribution in [2.45, 2.75) is 32.7 Å². The summed E-state index contributed by atoms with van der Waals surface area (Å²) >= 11 is 0. The minimum atomic E-state index is -0.267. The average Bonchev–Trinajstić information content (AvgIpc) is 3.06. The Bertz CT molecular complexity index is 604. The standard InChI is InChI=1S/C17H26N4O4/c1-12-11-15(19-25-12)18-16(22)13(2)20-5-3-14(4-6-20)17(23)21-7-9-24-10-8-21/h11,13-14H,3-10H2,1-2H3,(H,18,19,22). The van der Waals surface area contributed by atoms with Gasteiger partial charge in [-0.15, -0.1) is 0 Å². The van der Waals surface area contributed by atoms with Crippen LogP contribution in [0.5, 0.6) is 0 Å². The number of piperidine rings is 1. The molecule has 2 fully saturated rings. The van der Waals surface area contributed by atoms with E-state index in [2.05, 4.69) is 15.4 Å². The number of hydrogen-bond acceptors (Lipinski definition) is 6. The van der Waals surface area contributed by atoms with Gasteiger partial charge < -0.3 is 19.5 Å². The quantitative estimate of drug-likeness (QED) is 0.867. The van der Waals surface area contributed by atoms with Crippen LogP contribution in [-0.4, -0.2) is 72.2 Å². The molecular weight excluding hydrogens is 324 g/mol. The maximum atomic E-state index is 12.6. The molecule has 0 aliphatic carbocycles. The van der Waals surface area contributed by atoms with Gasteiger partial charge in [0.05, 0.1) is 19.3 Å². The van der Waals surface area contributed by atoms with Gasteiger partial charge in [0, 0.05) is 25.1 Å². The Morgan fingerprint density at radius 3 is 2.52 bits per heavy atom. The van der Waals surface area contributed by atoms with Crippen LogP contribution in [0.25, 0.3) is 0 Å². The number of amides is 2. The first-order valence-electron chi connectivity index (χ1n) is 8.89. The number of morpholine rings is 1. The highest BCUT2D eigenvalue weighted by molar-refractivity contribution is 5.93. The van der Waals surface area contributed by atoms with Crippen molar-refractivity contribution in [2.24, 2.45) is 5.92 Å². The van der Waals surface area contributed by atoms with Gasteiger partial charge in [-0.1, -0.05) is 5.16 Å². The molecule has 1 aromatic heterocycles. The third kappa shape index (κ3) is 4.38. The smallest absolute Gasteiger partial charge is 0.242 e. The van der Waals surface area contributed by atoms with Crippen molar-refractivity contribution in [3.63, 3.8) is 0 Å². The molecule has 8 nitrogen and oxygen atoms in total. The lowest BCUT2D eigenvalue weighted by atomic mass is 9.94. The lowest BCUT2D eigenvalue weighted by molar-refractivity contribution is -0.141. The first-order chi connectivity index (χ1) is 12.0. The number of hydrogen-bond donors (Lipinski definition) is 1. The van der Waals surface area contributed by atoms with Crippen molar-refractivity contribution in [1.82, 2.24) is 15.0 Å². The number of anilines is 1. The van der Waals surface area contributed by atoms with Crippen LogP contribution < -0.4 is 5.32 Å². The SMILES string of the molecule is Cc1cc(NC(=O)C(C)N2CCC(C(=O)N3CCOCC3)CC2)no1. The summed E-state index contributed by atoms with van der Waals surface area (Å²) in [7, 11) is 0. The number of ether oxygens (including phenoxy) is 1. The molecule has 138 valence electrons. The molecule has 1 aromatic rings. The van der Waals surface area contributed by atoms with E-state index in [9.17, 15) is 9.59 Å². The molecule has 0 saturated carbocycles. The van der Waals surface area contributed by atoms with Crippen LogP contribution >= 0.6 is 0 Å². The molecule has 2 saturated heterocycles. The highest BCUT2D eigenvalue weighted by Crippen LogP contribution is 2.22. The Hall–Kier alpha value is -1.93. The molecule has 2 amide bonds. The second-order valence-electron chi connectivity index (χ2n) is 6.74. The van der Waals surface area contributed by atoms with Crippen molar-refractivity contribution in [2.75, 3.05) is 44.7 Å². The number of carbonyl (C=O) groups is 2. The van der Waals surface area contributed by atoms with Crippen LogP contribution in [0, 0.1) is 12.8 Å². The predicted octanol–water partition coefficient (Wildman–Crippen LogP) is 0.881. The van der Waals surface area contributed by atoms with Crippen LogP contribution in [0.3, 0.4) is 0 Å². The second kappa shape index (κ2) is 7.97. The third-order valence-electron chi connectivity index (χ3n) is 5.01. The van der Waals surface area contributed by atoms with E-state index >= 15 is 0 Å². The van der Waals surface area contributed by atoms with Gasteiger partial charge in [-0.2, -0.15) is 0 Å². The third-order valence-corrected chi connectivity index (χ3v) is 5.01. The van der Waals surface area contributed by atoms with E-state index in [1.807, 2.05) is 11.8 Å². The Morgan fingerprint density at radius 2 is 1.92 bits per heavy atom. The molecule has 25 heavy (non-hydrogen) atoms. The molecular formula is C17H26N4O4. The molecule has 1 atom stereocenters. The molecule has 0 aromatic carbocycles. The monoisotopic (exact) mass is 350 g/mol. The number of rotatable bonds is 4. The Kier molecular flexibility index (Phi) is 5.70. The van der Waals surface area contributed by atoms with E-state index in [4.69, 9.17) is 9.26 Å². The van der Waals surface area contributed by atoms with Crippen LogP contribution in [0.1, 0.15) is 25.5 Å². The fourth-order valence-electron chi connectivity index (χ4n) is 3.40. The van der Waals surface area contributed by atoms with E-state index in [1.54, 1.807) is 13.0 Å². The zero-order valence-electron chi connectivity index (χ0n) is 14.9. The lowest BCUT2D eigenvalue weighted by Crippen LogP contribution is -2.50. The minimum Gasteiger partial charge on any atom is -0.378 e. The van der Waals surface area contributed by atoms with Crippen LogP contribution in [-0.2, 0) is 14.3 Å². The first kappa shape index (κ1) is 17.9. The van der Waals surface area contributed by atoms with Gasteiger partial charge in [0.1, 0.15) is 5.76 Å². The second-order valence-corrected chi connectivity index (χ2v) is 6.74. The molecule has 0 bridgehead atoms. The van der Waals surface area contributed by atoms with Gasteiger partial charge in [0.2, 0.25) is 11.8 Å². The van der Waals surface area contributed by atoms with E-state index in [-0.39, 0.29) is 23.8 Å². The number of aromatic nitrogens is 1. The van der Waals surface area contributed by atoms with Crippen molar-refractivity contribution >= 4 is 17.6 Å². The average molecular weight is 350 g/mol. The molecule has 1 N–H and O–H groups in total. The molecule has 3 rings (SSSR count). The van der Waals surface area contributed by atoms with Gasteiger partial charge in [-0.25, -0.2) is 0 Å². The molecule has 8 heteroatoms. The Labute approximate surface area is 147 Å². The number of carbonyl (C=O) groups excluding carboxylic acids is 2. The van der Waals surface area contributed by atoms with Gasteiger partial charge in [-0.3, -0.25) is 14.5 Å².